The number of aliphatic hydroxyl groups excluding tert-OH is 3. The van der Waals surface area contributed by atoms with Gasteiger partial charge in [0.15, 0.2) is 0 Å². The minimum absolute atomic E-state index is 0.148. The molecule has 3 aliphatic heterocycles. The van der Waals surface area contributed by atoms with Gasteiger partial charge in [0.25, 0.3) is 60.7 Å². The second-order valence-electron chi connectivity index (χ2n) is 22.4. The molecule has 9 N–H and O–H groups in total. The summed E-state index contributed by atoms with van der Waals surface area (Å²) < 4.78 is 227. The highest BCUT2D eigenvalue weighted by Gasteiger charge is 2.50. The van der Waals surface area contributed by atoms with Crippen LogP contribution in [0.4, 0.5) is 0 Å². The van der Waals surface area contributed by atoms with Crippen molar-refractivity contribution in [2.75, 3.05) is 180 Å². The van der Waals surface area contributed by atoms with E-state index in [0.717, 1.165) is 38.5 Å². The van der Waals surface area contributed by atoms with Crippen LogP contribution in [0.3, 0.4) is 0 Å². The maximum absolute atomic E-state index is 13.0. The van der Waals surface area contributed by atoms with Crippen LogP contribution in [0.25, 0.3) is 0 Å². The van der Waals surface area contributed by atoms with Crippen LogP contribution in [0.1, 0.15) is 51.9 Å². The maximum atomic E-state index is 13.0. The number of β-amino-alcohol motifs (C(OH)–C–C–N with tert-alkyl or cyclic N) is 3. The van der Waals surface area contributed by atoms with Crippen LogP contribution in [0.5, 0.6) is 0 Å². The summed E-state index contributed by atoms with van der Waals surface area (Å²) in [6.07, 6.45) is -2.85. The molecule has 0 bridgehead atoms. The highest BCUT2D eigenvalue weighted by molar-refractivity contribution is 7.87. The third-order valence-corrected chi connectivity index (χ3v) is 21.8. The minimum atomic E-state index is -4.96. The zero-order chi connectivity index (χ0) is 61.1. The lowest BCUT2D eigenvalue weighted by atomic mass is 10.1. The fourth-order valence-electron chi connectivity index (χ4n) is 10.4. The Hall–Kier alpha value is -0.843. The van der Waals surface area contributed by atoms with E-state index in [-0.39, 0.29) is 130 Å². The van der Waals surface area contributed by atoms with Gasteiger partial charge in [-0.25, -0.2) is 0 Å². The van der Waals surface area contributed by atoms with Crippen LogP contribution in [0.2, 0.25) is 6.04 Å². The van der Waals surface area contributed by atoms with Crippen LogP contribution in [-0.2, 0) is 74.0 Å². The van der Waals surface area contributed by atoms with E-state index < -0.39 is 141 Å². The Labute approximate surface area is 481 Å². The van der Waals surface area contributed by atoms with Gasteiger partial charge >= 0.3 is 8.80 Å². The maximum Gasteiger partial charge on any atom is 0.502 e. The summed E-state index contributed by atoms with van der Waals surface area (Å²) in [5, 5.41) is 31.0. The van der Waals surface area contributed by atoms with Gasteiger partial charge in [-0.15, -0.1) is 0 Å². The summed E-state index contributed by atoms with van der Waals surface area (Å²) in [6.45, 7) is 3.95. The predicted octanol–water partition coefficient (Wildman–Crippen LogP) is -3.83. The second-order valence-corrected chi connectivity index (χ2v) is 34.0. The van der Waals surface area contributed by atoms with E-state index in [9.17, 15) is 93.1 Å². The molecule has 6 unspecified atom stereocenters. The van der Waals surface area contributed by atoms with Crippen molar-refractivity contribution in [3.63, 3.8) is 0 Å². The monoisotopic (exact) mass is 1310 g/mol. The standard InChI is InChI=1S/C43H91N7O24S6Si/c1-4-5-6-7-8-9-23-50(2,3)24-10-25-81(72-41(35-78(63,64)65)29-47-17-11-44(12-18-47)26-38(51)32-75(54,55)56,73-42(36-79(66,67)68)30-48-19-13-45(14-20-48)27-39(52)33-76(57,58)59)74-43(37-80(69,70)71)31-49-21-15-46(16-22-49)28-40(53)34-77(60,61)62/h38-43,51-53H,4-37H2,1-3H3,(H5-,54,55,56,57,58,59,60,61,62,63,64,65,66,67,68,69,70,71)/p+1. The average molecular weight is 1310 g/mol. The summed E-state index contributed by atoms with van der Waals surface area (Å²) in [6, 6.07) is -0.255. The molecule has 0 radical (unpaired) electrons. The Morgan fingerprint density at radius 1 is 0.370 bits per heavy atom. The van der Waals surface area contributed by atoms with Gasteiger partial charge in [-0.2, -0.15) is 50.5 Å². The molecule has 3 saturated heterocycles. The van der Waals surface area contributed by atoms with Crippen LogP contribution < -0.4 is 0 Å². The number of hydrogen-bond acceptors (Lipinski definition) is 24. The molecular formula is C43H92N7O24S6Si+. The molecule has 38 heteroatoms. The van der Waals surface area contributed by atoms with Gasteiger partial charge in [0.05, 0.1) is 63.8 Å². The Balaban J connectivity index is 2.15. The molecule has 81 heavy (non-hydrogen) atoms. The van der Waals surface area contributed by atoms with Gasteiger partial charge in [-0.1, -0.05) is 32.6 Å². The minimum Gasteiger partial charge on any atom is -0.391 e. The first kappa shape index (κ1) is 74.4. The molecule has 3 aliphatic rings. The molecule has 3 fully saturated rings. The van der Waals surface area contributed by atoms with Gasteiger partial charge < -0.3 is 33.1 Å². The third kappa shape index (κ3) is 35.5. The molecule has 482 valence electrons. The van der Waals surface area contributed by atoms with E-state index in [2.05, 4.69) is 6.92 Å². The van der Waals surface area contributed by atoms with Crippen LogP contribution in [0, 0.1) is 0 Å². The van der Waals surface area contributed by atoms with Gasteiger partial charge in [-0.05, 0) is 12.8 Å². The highest BCUT2D eigenvalue weighted by Crippen LogP contribution is 2.28. The first-order valence-corrected chi connectivity index (χ1v) is 38.7. The zero-order valence-electron chi connectivity index (χ0n) is 46.7. The summed E-state index contributed by atoms with van der Waals surface area (Å²) in [7, 11) is -29.4. The quantitative estimate of drug-likeness (QED) is 0.0123. The molecule has 3 heterocycles. The largest absolute Gasteiger partial charge is 0.502 e. The molecule has 0 amide bonds. The van der Waals surface area contributed by atoms with Gasteiger partial charge in [-0.3, -0.25) is 56.7 Å². The average Bonchev–Trinajstić information content (AvgIpc) is 3.26. The Morgan fingerprint density at radius 3 is 0.864 bits per heavy atom. The number of piperazine rings is 3. The molecule has 0 aliphatic carbocycles. The first-order valence-electron chi connectivity index (χ1n) is 27.1. The molecule has 0 aromatic heterocycles. The van der Waals surface area contributed by atoms with Crippen LogP contribution in [0.15, 0.2) is 0 Å². The lowest BCUT2D eigenvalue weighted by Crippen LogP contribution is -2.60. The van der Waals surface area contributed by atoms with Crippen molar-refractivity contribution < 1.29 is 111 Å². The van der Waals surface area contributed by atoms with Gasteiger partial charge in [0.2, 0.25) is 0 Å². The molecule has 3 rings (SSSR count). The van der Waals surface area contributed by atoms with E-state index in [1.165, 1.54) is 0 Å². The number of hydrogen-bond donors (Lipinski definition) is 9. The number of aliphatic hydroxyl groups is 3. The van der Waals surface area contributed by atoms with Crippen LogP contribution >= 0.6 is 0 Å². The van der Waals surface area contributed by atoms with Crippen molar-refractivity contribution in [1.29, 1.82) is 0 Å². The Bertz CT molecular complexity index is 2310. The summed E-state index contributed by atoms with van der Waals surface area (Å²) in [5.41, 5.74) is 0. The molecule has 0 aromatic rings. The lowest BCUT2D eigenvalue weighted by molar-refractivity contribution is -0.890. The fraction of sp³-hybridized carbons (Fsp3) is 1.00. The zero-order valence-corrected chi connectivity index (χ0v) is 52.6. The summed E-state index contributed by atoms with van der Waals surface area (Å²) >= 11 is 0. The second kappa shape index (κ2) is 33.5. The van der Waals surface area contributed by atoms with E-state index in [1.54, 1.807) is 29.4 Å². The molecule has 6 atom stereocenters. The predicted molar refractivity (Wildman–Crippen MR) is 300 cm³/mol. The fourth-order valence-corrected chi connectivity index (χ4v) is 17.5. The van der Waals surface area contributed by atoms with Crippen molar-refractivity contribution in [1.82, 2.24) is 29.4 Å². The number of quaternary nitrogens is 1. The molecule has 0 aromatic carbocycles. The number of nitrogens with zero attached hydrogens (tertiary/aromatic N) is 7. The third-order valence-electron chi connectivity index (χ3n) is 14.0. The van der Waals surface area contributed by atoms with Crippen molar-refractivity contribution in [2.24, 2.45) is 0 Å². The molecular weight excluding hydrogens is 1220 g/mol. The smallest absolute Gasteiger partial charge is 0.391 e. The van der Waals surface area contributed by atoms with Crippen molar-refractivity contribution >= 4 is 69.5 Å². The molecule has 31 nitrogen and oxygen atoms in total. The van der Waals surface area contributed by atoms with Crippen LogP contribution in [-0.4, -0.2) is 352 Å². The first-order chi connectivity index (χ1) is 37.2. The van der Waals surface area contributed by atoms with E-state index in [4.69, 9.17) is 13.3 Å². The number of unbranched alkanes of at least 4 members (excludes halogenated alkanes) is 5. The molecule has 0 saturated carbocycles. The van der Waals surface area contributed by atoms with Gasteiger partial charge in [0.1, 0.15) is 34.5 Å². The van der Waals surface area contributed by atoms with E-state index in [1.807, 2.05) is 14.1 Å². The van der Waals surface area contributed by atoms with Crippen molar-refractivity contribution in [2.45, 2.75) is 94.5 Å². The number of rotatable bonds is 41. The SMILES string of the molecule is CCCCCCCC[N+](C)(C)CCC[Si](OC(CN1CCN(CC(O)CS(=O)(=O)O)CC1)CS(=O)(=O)O)(OC(CN1CCN(CC(O)CS(=O)(=O)O)CC1)CS(=O)(=O)O)OC(CN1CCN(CC(O)CS(=O)(=O)O)CC1)CS(=O)(=O)O. The van der Waals surface area contributed by atoms with E-state index in [0.29, 0.717) is 17.6 Å². The Kier molecular flexibility index (Phi) is 30.8. The normalized spacial score (nSPS) is 21.3. The van der Waals surface area contributed by atoms with E-state index >= 15 is 0 Å². The molecule has 0 spiro atoms. The summed E-state index contributed by atoms with van der Waals surface area (Å²) in [5.74, 6) is -6.08. The van der Waals surface area contributed by atoms with Crippen molar-refractivity contribution in [3.8, 4) is 0 Å². The summed E-state index contributed by atoms with van der Waals surface area (Å²) in [4.78, 5) is 10.3. The van der Waals surface area contributed by atoms with Gasteiger partial charge in [0, 0.05) is 130 Å². The lowest BCUT2D eigenvalue weighted by Gasteiger charge is -2.43. The highest BCUT2D eigenvalue weighted by atomic mass is 32.2. The van der Waals surface area contributed by atoms with Crippen molar-refractivity contribution in [3.05, 3.63) is 0 Å². The topological polar surface area (TPSA) is 434 Å². The Morgan fingerprint density at radius 2 is 0.605 bits per heavy atom.